The largest absolute Gasteiger partial charge is 0.382 e. The molecule has 1 N–H and O–H groups in total. The number of hydrogen-bond donors (Lipinski definition) is 1. The molecule has 72 valence electrons. The van der Waals surface area contributed by atoms with Crippen LogP contribution < -0.4 is 5.32 Å². The number of nitrogens with one attached hydrogen (secondary N) is 1. The van der Waals surface area contributed by atoms with E-state index in [1.54, 1.807) is 7.05 Å². The summed E-state index contributed by atoms with van der Waals surface area (Å²) in [6, 6.07) is 0. The third kappa shape index (κ3) is 3.72. The zero-order chi connectivity index (χ0) is 9.61. The van der Waals surface area contributed by atoms with Crippen LogP contribution >= 0.6 is 0 Å². The Morgan fingerprint density at radius 3 is 2.50 bits per heavy atom. The zero-order valence-electron chi connectivity index (χ0n) is 8.44. The third-order valence-corrected chi connectivity index (χ3v) is 1.92. The first-order chi connectivity index (χ1) is 5.54. The highest BCUT2D eigenvalue weighted by atomic mass is 16.5. The van der Waals surface area contributed by atoms with Gasteiger partial charge in [0.1, 0.15) is 0 Å². The Labute approximate surface area is 74.5 Å². The Kier molecular flexibility index (Phi) is 4.90. The molecule has 1 amide bonds. The van der Waals surface area contributed by atoms with E-state index in [0.29, 0.717) is 13.2 Å². The Morgan fingerprint density at radius 2 is 2.08 bits per heavy atom. The van der Waals surface area contributed by atoms with Crippen molar-refractivity contribution in [3.05, 3.63) is 0 Å². The molecule has 0 bridgehead atoms. The summed E-state index contributed by atoms with van der Waals surface area (Å²) in [7, 11) is 1.66. The summed E-state index contributed by atoms with van der Waals surface area (Å²) < 4.78 is 5.18. The standard InChI is InChI=1S/C9H19NO2/c1-5-12-7-6-9(2,3)8(11)10-4/h5-7H2,1-4H3,(H,10,11). The van der Waals surface area contributed by atoms with E-state index in [1.165, 1.54) is 0 Å². The molecule has 0 saturated heterocycles. The second kappa shape index (κ2) is 5.14. The number of carbonyl (C=O) groups excluding carboxylic acids is 1. The molecule has 12 heavy (non-hydrogen) atoms. The van der Waals surface area contributed by atoms with Crippen molar-refractivity contribution in [3.8, 4) is 0 Å². The zero-order valence-corrected chi connectivity index (χ0v) is 8.44. The van der Waals surface area contributed by atoms with Gasteiger partial charge in [0, 0.05) is 25.7 Å². The van der Waals surface area contributed by atoms with Crippen LogP contribution in [0.1, 0.15) is 27.2 Å². The molecule has 0 unspecified atom stereocenters. The van der Waals surface area contributed by atoms with Crippen molar-refractivity contribution in [1.29, 1.82) is 0 Å². The first kappa shape index (κ1) is 11.4. The minimum atomic E-state index is -0.316. The van der Waals surface area contributed by atoms with Gasteiger partial charge >= 0.3 is 0 Å². The van der Waals surface area contributed by atoms with Crippen molar-refractivity contribution in [3.63, 3.8) is 0 Å². The fourth-order valence-electron chi connectivity index (χ4n) is 0.924. The minimum Gasteiger partial charge on any atom is -0.382 e. The fourth-order valence-corrected chi connectivity index (χ4v) is 0.924. The number of hydrogen-bond acceptors (Lipinski definition) is 2. The van der Waals surface area contributed by atoms with E-state index < -0.39 is 0 Å². The summed E-state index contributed by atoms with van der Waals surface area (Å²) in [5, 5.41) is 2.64. The van der Waals surface area contributed by atoms with Gasteiger partial charge in [-0.1, -0.05) is 13.8 Å². The van der Waals surface area contributed by atoms with Crippen molar-refractivity contribution in [2.45, 2.75) is 27.2 Å². The van der Waals surface area contributed by atoms with E-state index in [2.05, 4.69) is 5.32 Å². The Bertz CT molecular complexity index is 143. The highest BCUT2D eigenvalue weighted by molar-refractivity contribution is 5.81. The van der Waals surface area contributed by atoms with E-state index >= 15 is 0 Å². The van der Waals surface area contributed by atoms with Crippen LogP contribution in [0.25, 0.3) is 0 Å². The molecule has 0 atom stereocenters. The summed E-state index contributed by atoms with van der Waals surface area (Å²) >= 11 is 0. The van der Waals surface area contributed by atoms with E-state index in [4.69, 9.17) is 4.74 Å². The molecule has 0 heterocycles. The van der Waals surface area contributed by atoms with Crippen LogP contribution in [-0.2, 0) is 9.53 Å². The van der Waals surface area contributed by atoms with Gasteiger partial charge in [0.25, 0.3) is 0 Å². The molecular weight excluding hydrogens is 154 g/mol. The maximum atomic E-state index is 11.3. The lowest BCUT2D eigenvalue weighted by Crippen LogP contribution is -2.35. The molecule has 0 rings (SSSR count). The summed E-state index contributed by atoms with van der Waals surface area (Å²) in [4.78, 5) is 11.3. The predicted molar refractivity (Wildman–Crippen MR) is 49.0 cm³/mol. The monoisotopic (exact) mass is 173 g/mol. The normalized spacial score (nSPS) is 11.3. The van der Waals surface area contributed by atoms with Crippen LogP contribution in [0.3, 0.4) is 0 Å². The molecule has 0 aliphatic heterocycles. The summed E-state index contributed by atoms with van der Waals surface area (Å²) in [5.74, 6) is 0.0715. The molecular formula is C9H19NO2. The predicted octanol–water partition coefficient (Wildman–Crippen LogP) is 1.19. The molecule has 3 nitrogen and oxygen atoms in total. The number of rotatable bonds is 5. The molecule has 0 saturated carbocycles. The molecule has 0 aliphatic rings. The van der Waals surface area contributed by atoms with Gasteiger partial charge in [-0.05, 0) is 13.3 Å². The minimum absolute atomic E-state index is 0.0715. The van der Waals surface area contributed by atoms with Crippen LogP contribution in [0, 0.1) is 5.41 Å². The Balaban J connectivity index is 3.78. The molecule has 0 spiro atoms. The highest BCUT2D eigenvalue weighted by Gasteiger charge is 2.25. The lowest BCUT2D eigenvalue weighted by molar-refractivity contribution is -0.129. The lowest BCUT2D eigenvalue weighted by atomic mass is 9.89. The molecule has 0 radical (unpaired) electrons. The maximum absolute atomic E-state index is 11.3. The first-order valence-electron chi connectivity index (χ1n) is 4.34. The van der Waals surface area contributed by atoms with Crippen molar-refractivity contribution >= 4 is 5.91 Å². The summed E-state index contributed by atoms with van der Waals surface area (Å²) in [5.41, 5.74) is -0.316. The van der Waals surface area contributed by atoms with E-state index in [9.17, 15) is 4.79 Å². The SMILES string of the molecule is CCOCCC(C)(C)C(=O)NC. The number of ether oxygens (including phenoxy) is 1. The van der Waals surface area contributed by atoms with E-state index in [-0.39, 0.29) is 11.3 Å². The highest BCUT2D eigenvalue weighted by Crippen LogP contribution is 2.19. The molecule has 0 aliphatic carbocycles. The van der Waals surface area contributed by atoms with E-state index in [0.717, 1.165) is 6.42 Å². The molecule has 3 heteroatoms. The van der Waals surface area contributed by atoms with Crippen molar-refractivity contribution in [1.82, 2.24) is 5.32 Å². The summed E-state index contributed by atoms with van der Waals surface area (Å²) in [6.07, 6.45) is 0.764. The van der Waals surface area contributed by atoms with Gasteiger partial charge in [-0.2, -0.15) is 0 Å². The molecule has 0 aromatic rings. The smallest absolute Gasteiger partial charge is 0.225 e. The number of carbonyl (C=O) groups is 1. The van der Waals surface area contributed by atoms with Crippen molar-refractivity contribution < 1.29 is 9.53 Å². The second-order valence-electron chi connectivity index (χ2n) is 3.41. The second-order valence-corrected chi connectivity index (χ2v) is 3.41. The van der Waals surface area contributed by atoms with E-state index in [1.807, 2.05) is 20.8 Å². The number of amides is 1. The maximum Gasteiger partial charge on any atom is 0.225 e. The van der Waals surface area contributed by atoms with Crippen LogP contribution in [0.5, 0.6) is 0 Å². The average Bonchev–Trinajstić information content (AvgIpc) is 2.03. The van der Waals surface area contributed by atoms with Crippen LogP contribution in [0.2, 0.25) is 0 Å². The average molecular weight is 173 g/mol. The molecule has 0 fully saturated rings. The lowest BCUT2D eigenvalue weighted by Gasteiger charge is -2.21. The van der Waals surface area contributed by atoms with Gasteiger partial charge in [0.05, 0.1) is 0 Å². The Hall–Kier alpha value is -0.570. The van der Waals surface area contributed by atoms with Gasteiger partial charge in [0.15, 0.2) is 0 Å². The van der Waals surface area contributed by atoms with Gasteiger partial charge in [-0.3, -0.25) is 4.79 Å². The fraction of sp³-hybridized carbons (Fsp3) is 0.889. The topological polar surface area (TPSA) is 38.3 Å². The van der Waals surface area contributed by atoms with Crippen LogP contribution in [0.4, 0.5) is 0 Å². The molecule has 0 aromatic carbocycles. The van der Waals surface area contributed by atoms with Gasteiger partial charge in [-0.25, -0.2) is 0 Å². The van der Waals surface area contributed by atoms with Crippen LogP contribution in [-0.4, -0.2) is 26.2 Å². The quantitative estimate of drug-likeness (QED) is 0.634. The van der Waals surface area contributed by atoms with Crippen LogP contribution in [0.15, 0.2) is 0 Å². The van der Waals surface area contributed by atoms with Crippen molar-refractivity contribution in [2.75, 3.05) is 20.3 Å². The van der Waals surface area contributed by atoms with Gasteiger partial charge in [-0.15, -0.1) is 0 Å². The first-order valence-corrected chi connectivity index (χ1v) is 4.34. The van der Waals surface area contributed by atoms with Gasteiger partial charge in [0.2, 0.25) is 5.91 Å². The Morgan fingerprint density at radius 1 is 1.50 bits per heavy atom. The third-order valence-electron chi connectivity index (χ3n) is 1.92. The van der Waals surface area contributed by atoms with Gasteiger partial charge < -0.3 is 10.1 Å². The molecule has 0 aromatic heterocycles. The summed E-state index contributed by atoms with van der Waals surface area (Å²) in [6.45, 7) is 7.16. The van der Waals surface area contributed by atoms with Crippen molar-refractivity contribution in [2.24, 2.45) is 5.41 Å².